The van der Waals surface area contributed by atoms with Crippen molar-refractivity contribution in [3.8, 4) is 16.9 Å². The molecule has 0 saturated heterocycles. The van der Waals surface area contributed by atoms with E-state index in [1.807, 2.05) is 45.0 Å². The van der Waals surface area contributed by atoms with Gasteiger partial charge in [-0.15, -0.1) is 0 Å². The van der Waals surface area contributed by atoms with Crippen LogP contribution in [0.15, 0.2) is 24.4 Å². The lowest BCUT2D eigenvalue weighted by atomic mass is 9.99. The van der Waals surface area contributed by atoms with Gasteiger partial charge in [-0.05, 0) is 63.2 Å². The number of pyridine rings is 1. The summed E-state index contributed by atoms with van der Waals surface area (Å²) in [6.45, 7) is 10.7. The highest BCUT2D eigenvalue weighted by Crippen LogP contribution is 2.37. The molecule has 0 atom stereocenters. The standard InChI is InChI=1S/C29H38ClN7O4S/c1-17(2)24-19(4)33-27(29(38)31-8-9-36(5)6)34-28(24)37-10-11-41-25-18(3)12-20(13-22(25)16-37)21-14-23(26(30)32-15-21)35-42(7,39)40/h12-15,17,35H,8-11,16H2,1-7H3,(H,31,38). The number of likely N-dealkylation sites (N-methyl/N-ethyl adjacent to an activating group) is 1. The molecule has 0 spiro atoms. The maximum Gasteiger partial charge on any atom is 0.289 e. The number of nitrogens with zero attached hydrogens (tertiary/aromatic N) is 5. The van der Waals surface area contributed by atoms with Gasteiger partial charge in [-0.25, -0.2) is 23.4 Å². The third-order valence-electron chi connectivity index (χ3n) is 6.83. The number of aromatic nitrogens is 3. The number of hydrogen-bond donors (Lipinski definition) is 2. The molecule has 1 aliphatic rings. The molecule has 226 valence electrons. The monoisotopic (exact) mass is 615 g/mol. The van der Waals surface area contributed by atoms with Gasteiger partial charge in [0, 0.05) is 48.2 Å². The molecule has 13 heteroatoms. The lowest BCUT2D eigenvalue weighted by molar-refractivity contribution is 0.0940. The van der Waals surface area contributed by atoms with E-state index in [2.05, 4.69) is 38.8 Å². The number of carbonyl (C=O) groups is 1. The molecule has 0 bridgehead atoms. The van der Waals surface area contributed by atoms with Crippen LogP contribution in [0.2, 0.25) is 5.15 Å². The number of ether oxygens (including phenoxy) is 1. The largest absolute Gasteiger partial charge is 0.491 e. The van der Waals surface area contributed by atoms with E-state index in [0.29, 0.717) is 44.2 Å². The van der Waals surface area contributed by atoms with Crippen LogP contribution in [0.25, 0.3) is 11.1 Å². The molecule has 0 radical (unpaired) electrons. The number of rotatable bonds is 9. The summed E-state index contributed by atoms with van der Waals surface area (Å²) in [5, 5.41) is 2.98. The van der Waals surface area contributed by atoms with Crippen molar-refractivity contribution in [1.82, 2.24) is 25.2 Å². The van der Waals surface area contributed by atoms with E-state index >= 15 is 0 Å². The maximum atomic E-state index is 13.0. The third-order valence-corrected chi connectivity index (χ3v) is 7.72. The summed E-state index contributed by atoms with van der Waals surface area (Å²) in [4.78, 5) is 30.7. The van der Waals surface area contributed by atoms with E-state index in [1.54, 1.807) is 12.3 Å². The summed E-state index contributed by atoms with van der Waals surface area (Å²) in [6, 6.07) is 5.65. The summed E-state index contributed by atoms with van der Waals surface area (Å²) < 4.78 is 32.3. The predicted octanol–water partition coefficient (Wildman–Crippen LogP) is 3.99. The lowest BCUT2D eigenvalue weighted by Crippen LogP contribution is -2.34. The molecular formula is C29H38ClN7O4S. The highest BCUT2D eigenvalue weighted by Gasteiger charge is 2.26. The Labute approximate surface area is 252 Å². The topological polar surface area (TPSA) is 130 Å². The summed E-state index contributed by atoms with van der Waals surface area (Å²) in [6.07, 6.45) is 2.67. The predicted molar refractivity (Wildman–Crippen MR) is 166 cm³/mol. The van der Waals surface area contributed by atoms with Crippen LogP contribution in [0.1, 0.15) is 52.8 Å². The minimum absolute atomic E-state index is 0.0621. The molecule has 3 heterocycles. The number of benzene rings is 1. The highest BCUT2D eigenvalue weighted by atomic mass is 35.5. The number of hydrogen-bond acceptors (Lipinski definition) is 9. The number of sulfonamides is 1. The van der Waals surface area contributed by atoms with Gasteiger partial charge in [0.2, 0.25) is 15.8 Å². The van der Waals surface area contributed by atoms with Crippen molar-refractivity contribution < 1.29 is 17.9 Å². The van der Waals surface area contributed by atoms with Gasteiger partial charge >= 0.3 is 0 Å². The van der Waals surface area contributed by atoms with Gasteiger partial charge in [0.1, 0.15) is 18.2 Å². The molecule has 1 amide bonds. The fraction of sp³-hybridized carbons (Fsp3) is 0.448. The molecule has 0 saturated carbocycles. The molecule has 0 fully saturated rings. The van der Waals surface area contributed by atoms with Crippen LogP contribution < -0.4 is 19.7 Å². The fourth-order valence-electron chi connectivity index (χ4n) is 5.00. The molecular weight excluding hydrogens is 578 g/mol. The second-order valence-electron chi connectivity index (χ2n) is 11.1. The molecule has 11 nitrogen and oxygen atoms in total. The quantitative estimate of drug-likeness (QED) is 0.343. The van der Waals surface area contributed by atoms with Crippen molar-refractivity contribution >= 4 is 39.0 Å². The summed E-state index contributed by atoms with van der Waals surface area (Å²) in [5.74, 6) is 1.45. The number of nitrogens with one attached hydrogen (secondary N) is 2. The Kier molecular flexibility index (Phi) is 9.59. The Morgan fingerprint density at radius 3 is 2.57 bits per heavy atom. The maximum absolute atomic E-state index is 13.0. The molecule has 1 aliphatic heterocycles. The van der Waals surface area contributed by atoms with Gasteiger partial charge in [0.25, 0.3) is 5.91 Å². The zero-order valence-electron chi connectivity index (χ0n) is 25.1. The lowest BCUT2D eigenvalue weighted by Gasteiger charge is -2.26. The number of carbonyl (C=O) groups excluding carboxylic acids is 1. The number of amides is 1. The summed E-state index contributed by atoms with van der Waals surface area (Å²) in [7, 11) is 0.355. The molecule has 2 aromatic heterocycles. The molecule has 3 aromatic rings. The van der Waals surface area contributed by atoms with Crippen LogP contribution in [-0.4, -0.2) is 80.8 Å². The van der Waals surface area contributed by atoms with E-state index in [4.69, 9.17) is 21.3 Å². The van der Waals surface area contributed by atoms with Crippen LogP contribution in [0.3, 0.4) is 0 Å². The smallest absolute Gasteiger partial charge is 0.289 e. The molecule has 42 heavy (non-hydrogen) atoms. The van der Waals surface area contributed by atoms with E-state index in [-0.39, 0.29) is 28.5 Å². The average Bonchev–Trinajstić information content (AvgIpc) is 3.11. The van der Waals surface area contributed by atoms with Gasteiger partial charge in [0.15, 0.2) is 5.15 Å². The Balaban J connectivity index is 1.73. The Morgan fingerprint density at radius 1 is 1.17 bits per heavy atom. The van der Waals surface area contributed by atoms with Crippen molar-refractivity contribution in [3.63, 3.8) is 0 Å². The SMILES string of the molecule is Cc1cc(-c2cnc(Cl)c(NS(C)(=O)=O)c2)cc2c1OCCN(c1nc(C(=O)NCCN(C)C)nc(C)c1C(C)C)C2. The third kappa shape index (κ3) is 7.47. The van der Waals surface area contributed by atoms with Crippen molar-refractivity contribution in [1.29, 1.82) is 0 Å². The van der Waals surface area contributed by atoms with Gasteiger partial charge in [0.05, 0.1) is 18.5 Å². The summed E-state index contributed by atoms with van der Waals surface area (Å²) >= 11 is 6.17. The Morgan fingerprint density at radius 2 is 1.90 bits per heavy atom. The zero-order chi connectivity index (χ0) is 30.8. The highest BCUT2D eigenvalue weighted by molar-refractivity contribution is 7.92. The molecule has 2 N–H and O–H groups in total. The van der Waals surface area contributed by atoms with Crippen molar-refractivity contribution in [2.45, 2.75) is 40.2 Å². The first-order valence-electron chi connectivity index (χ1n) is 13.7. The molecule has 0 unspecified atom stereocenters. The Bertz CT molecular complexity index is 1600. The van der Waals surface area contributed by atoms with Gasteiger partial charge < -0.3 is 19.9 Å². The summed E-state index contributed by atoms with van der Waals surface area (Å²) in [5.41, 5.74) is 5.34. The van der Waals surface area contributed by atoms with Crippen molar-refractivity contribution in [2.75, 3.05) is 56.2 Å². The van der Waals surface area contributed by atoms with E-state index in [1.165, 1.54) is 0 Å². The first-order chi connectivity index (χ1) is 19.7. The number of halogens is 1. The zero-order valence-corrected chi connectivity index (χ0v) is 26.6. The first-order valence-corrected chi connectivity index (χ1v) is 16.0. The minimum atomic E-state index is -3.54. The number of fused-ring (bicyclic) bond motifs is 1. The number of anilines is 2. The van der Waals surface area contributed by atoms with Crippen molar-refractivity contribution in [3.05, 3.63) is 57.8 Å². The molecule has 4 rings (SSSR count). The van der Waals surface area contributed by atoms with E-state index in [0.717, 1.165) is 40.0 Å². The van der Waals surface area contributed by atoms with Crippen LogP contribution in [-0.2, 0) is 16.6 Å². The van der Waals surface area contributed by atoms with Gasteiger partial charge in [-0.1, -0.05) is 25.4 Å². The average molecular weight is 616 g/mol. The fourth-order valence-corrected chi connectivity index (χ4v) is 5.76. The second kappa shape index (κ2) is 12.8. The second-order valence-corrected chi connectivity index (χ2v) is 13.2. The van der Waals surface area contributed by atoms with Gasteiger partial charge in [-0.3, -0.25) is 9.52 Å². The van der Waals surface area contributed by atoms with Crippen LogP contribution in [0.4, 0.5) is 11.5 Å². The molecule has 1 aromatic carbocycles. The Hall–Kier alpha value is -3.48. The minimum Gasteiger partial charge on any atom is -0.491 e. The van der Waals surface area contributed by atoms with Crippen LogP contribution in [0.5, 0.6) is 5.75 Å². The molecule has 0 aliphatic carbocycles. The van der Waals surface area contributed by atoms with Crippen LogP contribution in [0, 0.1) is 13.8 Å². The van der Waals surface area contributed by atoms with Crippen LogP contribution >= 0.6 is 11.6 Å². The van der Waals surface area contributed by atoms with E-state index in [9.17, 15) is 13.2 Å². The first kappa shape index (κ1) is 31.5. The van der Waals surface area contributed by atoms with Gasteiger partial charge in [-0.2, -0.15) is 0 Å². The normalized spacial score (nSPS) is 13.5. The number of aryl methyl sites for hydroxylation is 2. The van der Waals surface area contributed by atoms with Crippen molar-refractivity contribution in [2.24, 2.45) is 0 Å². The van der Waals surface area contributed by atoms with E-state index < -0.39 is 10.0 Å².